The largest absolute Gasteiger partial charge is 0.505 e. The van der Waals surface area contributed by atoms with Crippen molar-refractivity contribution in [2.45, 2.75) is 0 Å². The van der Waals surface area contributed by atoms with Gasteiger partial charge in [0.15, 0.2) is 12.0 Å². The second-order valence-corrected chi connectivity index (χ2v) is 2.35. The molecule has 68 valence electrons. The van der Waals surface area contributed by atoms with E-state index < -0.39 is 17.4 Å². The zero-order chi connectivity index (χ0) is 9.84. The molecule has 1 rings (SSSR count). The van der Waals surface area contributed by atoms with E-state index in [0.29, 0.717) is 6.07 Å². The molecule has 0 aliphatic rings. The Morgan fingerprint density at radius 2 is 2.08 bits per heavy atom. The predicted octanol–water partition coefficient (Wildman–Crippen LogP) is 2.06. The molecule has 0 spiro atoms. The Bertz CT molecular complexity index is 359. The maximum atomic E-state index is 12.8. The lowest BCUT2D eigenvalue weighted by Crippen LogP contribution is -1.87. The van der Waals surface area contributed by atoms with Crippen molar-refractivity contribution in [1.82, 2.24) is 0 Å². The van der Waals surface area contributed by atoms with Gasteiger partial charge in [-0.1, -0.05) is 0 Å². The number of aliphatic hydroxyl groups excluding tert-OH is 1. The first-order chi connectivity index (χ1) is 6.13. The summed E-state index contributed by atoms with van der Waals surface area (Å²) in [5.41, 5.74) is -0.0361. The van der Waals surface area contributed by atoms with Crippen LogP contribution >= 0.6 is 0 Å². The van der Waals surface area contributed by atoms with Gasteiger partial charge in [-0.25, -0.2) is 8.78 Å². The summed E-state index contributed by atoms with van der Waals surface area (Å²) in [5.74, 6) is -2.14. The van der Waals surface area contributed by atoms with E-state index in [1.807, 2.05) is 0 Å². The first-order valence-corrected chi connectivity index (χ1v) is 3.44. The van der Waals surface area contributed by atoms with Crippen LogP contribution in [0.25, 0.3) is 6.08 Å². The van der Waals surface area contributed by atoms with E-state index in [-0.39, 0.29) is 11.8 Å². The number of aliphatic hydroxyl groups is 1. The smallest absolute Gasteiger partial charge is 0.184 e. The molecule has 2 nitrogen and oxygen atoms in total. The highest BCUT2D eigenvalue weighted by Gasteiger charge is 2.01. The van der Waals surface area contributed by atoms with Crippen molar-refractivity contribution in [3.63, 3.8) is 0 Å². The van der Waals surface area contributed by atoms with E-state index in [4.69, 9.17) is 5.11 Å². The Balaban J connectivity index is 3.09. The van der Waals surface area contributed by atoms with Crippen LogP contribution in [-0.4, -0.2) is 11.4 Å². The fourth-order valence-electron chi connectivity index (χ4n) is 0.812. The lowest BCUT2D eigenvalue weighted by molar-refractivity contribution is -0.106. The molecule has 0 heterocycles. The number of carbonyl (C=O) groups excluding carboxylic acids is 1. The van der Waals surface area contributed by atoms with Crippen LogP contribution in [0, 0.1) is 11.6 Å². The molecule has 0 atom stereocenters. The van der Waals surface area contributed by atoms with E-state index in [0.717, 1.165) is 18.2 Å². The van der Waals surface area contributed by atoms with E-state index in [2.05, 4.69) is 0 Å². The minimum atomic E-state index is -0.826. The highest BCUT2D eigenvalue weighted by Crippen LogP contribution is 2.11. The summed E-state index contributed by atoms with van der Waals surface area (Å²) in [6.07, 6.45) is 1.09. The van der Waals surface area contributed by atoms with Gasteiger partial charge in [-0.05, 0) is 18.2 Å². The first kappa shape index (κ1) is 9.38. The fourth-order valence-corrected chi connectivity index (χ4v) is 0.812. The number of carbonyl (C=O) groups is 1. The first-order valence-electron chi connectivity index (χ1n) is 3.44. The third kappa shape index (κ3) is 2.37. The molecule has 0 unspecified atom stereocenters. The zero-order valence-electron chi connectivity index (χ0n) is 6.50. The number of aldehydes is 1. The van der Waals surface area contributed by atoms with Gasteiger partial charge in [0, 0.05) is 11.6 Å². The standard InChI is InChI=1S/C9H6F2O2/c10-7-2-1-6(9(11)4-7)3-8(13)5-12/h1-5,13H/b8-3-. The SMILES string of the molecule is O=C/C(O)=C/c1ccc(F)cc1F. The zero-order valence-corrected chi connectivity index (χ0v) is 6.50. The van der Waals surface area contributed by atoms with Gasteiger partial charge in [0.1, 0.15) is 11.6 Å². The van der Waals surface area contributed by atoms with Gasteiger partial charge in [-0.3, -0.25) is 4.79 Å². The minimum Gasteiger partial charge on any atom is -0.505 e. The number of hydrogen-bond donors (Lipinski definition) is 1. The van der Waals surface area contributed by atoms with Crippen LogP contribution in [0.1, 0.15) is 5.56 Å². The van der Waals surface area contributed by atoms with Crippen molar-refractivity contribution in [2.75, 3.05) is 0 Å². The highest BCUT2D eigenvalue weighted by atomic mass is 19.1. The van der Waals surface area contributed by atoms with Crippen molar-refractivity contribution in [3.05, 3.63) is 41.2 Å². The minimum absolute atomic E-state index is 0.0361. The van der Waals surface area contributed by atoms with Gasteiger partial charge in [0.25, 0.3) is 0 Å². The van der Waals surface area contributed by atoms with E-state index in [9.17, 15) is 13.6 Å². The molecule has 0 fully saturated rings. The molecular weight excluding hydrogens is 178 g/mol. The topological polar surface area (TPSA) is 37.3 Å². The second kappa shape index (κ2) is 3.80. The molecular formula is C9H6F2O2. The van der Waals surface area contributed by atoms with E-state index in [1.165, 1.54) is 0 Å². The van der Waals surface area contributed by atoms with Gasteiger partial charge in [-0.2, -0.15) is 0 Å². The normalized spacial score (nSPS) is 11.4. The lowest BCUT2D eigenvalue weighted by atomic mass is 10.2. The number of benzene rings is 1. The van der Waals surface area contributed by atoms with Gasteiger partial charge < -0.3 is 5.11 Å². The molecule has 0 aromatic heterocycles. The highest BCUT2D eigenvalue weighted by molar-refractivity contribution is 5.78. The molecule has 0 amide bonds. The van der Waals surface area contributed by atoms with Crippen LogP contribution in [0.15, 0.2) is 24.0 Å². The van der Waals surface area contributed by atoms with Crippen LogP contribution in [0.5, 0.6) is 0 Å². The molecule has 4 heteroatoms. The number of rotatable bonds is 2. The molecule has 1 aromatic rings. The Labute approximate surface area is 73.1 Å². The molecule has 0 saturated carbocycles. The van der Waals surface area contributed by atoms with Crippen molar-refractivity contribution in [3.8, 4) is 0 Å². The average Bonchev–Trinajstić information content (AvgIpc) is 2.09. The Morgan fingerprint density at radius 3 is 2.62 bits per heavy atom. The summed E-state index contributed by atoms with van der Waals surface area (Å²) in [6.45, 7) is 0. The number of hydrogen-bond acceptors (Lipinski definition) is 2. The molecule has 0 aliphatic carbocycles. The Kier molecular flexibility index (Phi) is 2.74. The van der Waals surface area contributed by atoms with Crippen LogP contribution in [0.2, 0.25) is 0 Å². The summed E-state index contributed by atoms with van der Waals surface area (Å²) in [5, 5.41) is 8.74. The van der Waals surface area contributed by atoms with Gasteiger partial charge in [0.05, 0.1) is 0 Å². The molecule has 0 radical (unpaired) electrons. The average molecular weight is 184 g/mol. The maximum Gasteiger partial charge on any atom is 0.184 e. The third-order valence-corrected chi connectivity index (χ3v) is 1.39. The second-order valence-electron chi connectivity index (χ2n) is 2.35. The van der Waals surface area contributed by atoms with Gasteiger partial charge in [-0.15, -0.1) is 0 Å². The molecule has 0 aliphatic heterocycles. The summed E-state index contributed by atoms with van der Waals surface area (Å²) < 4.78 is 25.2. The molecule has 13 heavy (non-hydrogen) atoms. The van der Waals surface area contributed by atoms with E-state index >= 15 is 0 Å². The Hall–Kier alpha value is -1.71. The number of halogens is 2. The van der Waals surface area contributed by atoms with Crippen molar-refractivity contribution >= 4 is 12.4 Å². The monoisotopic (exact) mass is 184 g/mol. The van der Waals surface area contributed by atoms with Crippen LogP contribution in [0.3, 0.4) is 0 Å². The summed E-state index contributed by atoms with van der Waals surface area (Å²) in [7, 11) is 0. The Morgan fingerprint density at radius 1 is 1.38 bits per heavy atom. The van der Waals surface area contributed by atoms with Crippen LogP contribution in [-0.2, 0) is 4.79 Å². The third-order valence-electron chi connectivity index (χ3n) is 1.39. The van der Waals surface area contributed by atoms with Crippen molar-refractivity contribution in [1.29, 1.82) is 0 Å². The van der Waals surface area contributed by atoms with Crippen LogP contribution in [0.4, 0.5) is 8.78 Å². The molecule has 0 saturated heterocycles. The van der Waals surface area contributed by atoms with Crippen molar-refractivity contribution in [2.24, 2.45) is 0 Å². The van der Waals surface area contributed by atoms with Crippen LogP contribution < -0.4 is 0 Å². The fraction of sp³-hybridized carbons (Fsp3) is 0. The van der Waals surface area contributed by atoms with Gasteiger partial charge >= 0.3 is 0 Å². The summed E-state index contributed by atoms with van der Waals surface area (Å²) in [4.78, 5) is 9.97. The maximum absolute atomic E-state index is 12.8. The molecule has 1 aromatic carbocycles. The predicted molar refractivity (Wildman–Crippen MR) is 43.0 cm³/mol. The summed E-state index contributed by atoms with van der Waals surface area (Å²) in [6, 6.07) is 2.83. The van der Waals surface area contributed by atoms with Gasteiger partial charge in [0.2, 0.25) is 0 Å². The lowest BCUT2D eigenvalue weighted by Gasteiger charge is -1.96. The quantitative estimate of drug-likeness (QED) is 0.434. The molecule has 1 N–H and O–H groups in total. The van der Waals surface area contributed by atoms with E-state index in [1.54, 1.807) is 0 Å². The van der Waals surface area contributed by atoms with Crippen molar-refractivity contribution < 1.29 is 18.7 Å². The molecule has 0 bridgehead atoms. The summed E-state index contributed by atoms with van der Waals surface area (Å²) >= 11 is 0. The number of allylic oxidation sites excluding steroid dienone is 1.